The molecule has 0 amide bonds. The molecule has 0 radical (unpaired) electrons. The smallest absolute Gasteiger partial charge is 0.139 e. The quantitative estimate of drug-likeness (QED) is 0.921. The van der Waals surface area contributed by atoms with Crippen LogP contribution in [-0.4, -0.2) is 28.6 Å². The van der Waals surface area contributed by atoms with Gasteiger partial charge in [0.1, 0.15) is 11.4 Å². The third-order valence-corrected chi connectivity index (χ3v) is 3.54. The molecule has 1 atom stereocenters. The Bertz CT molecular complexity index is 597. The number of hydrogen-bond acceptors (Lipinski definition) is 4. The van der Waals surface area contributed by atoms with Crippen molar-refractivity contribution in [3.63, 3.8) is 0 Å². The van der Waals surface area contributed by atoms with E-state index in [-0.39, 0.29) is 6.04 Å². The van der Waals surface area contributed by atoms with Gasteiger partial charge in [0.05, 0.1) is 29.6 Å². The van der Waals surface area contributed by atoms with Gasteiger partial charge in [-0.2, -0.15) is 0 Å². The van der Waals surface area contributed by atoms with E-state index in [1.807, 2.05) is 19.1 Å². The predicted octanol–water partition coefficient (Wildman–Crippen LogP) is 2.91. The van der Waals surface area contributed by atoms with Crippen molar-refractivity contribution in [2.24, 2.45) is 0 Å². The van der Waals surface area contributed by atoms with Gasteiger partial charge in [-0.25, -0.2) is 4.68 Å². The number of hydrogen-bond donors (Lipinski definition) is 1. The molecule has 0 fully saturated rings. The summed E-state index contributed by atoms with van der Waals surface area (Å²) in [6.45, 7) is 7.04. The van der Waals surface area contributed by atoms with E-state index in [1.165, 1.54) is 0 Å². The van der Waals surface area contributed by atoms with Gasteiger partial charge in [0, 0.05) is 6.07 Å². The maximum absolute atomic E-state index is 6.04. The lowest BCUT2D eigenvalue weighted by Crippen LogP contribution is -2.19. The van der Waals surface area contributed by atoms with E-state index < -0.39 is 0 Å². The lowest BCUT2D eigenvalue weighted by Gasteiger charge is -2.11. The Morgan fingerprint density at radius 1 is 1.45 bits per heavy atom. The third kappa shape index (κ3) is 2.78. The Morgan fingerprint density at radius 3 is 2.85 bits per heavy atom. The van der Waals surface area contributed by atoms with Crippen LogP contribution in [0.4, 0.5) is 0 Å². The molecule has 108 valence electrons. The van der Waals surface area contributed by atoms with Crippen molar-refractivity contribution < 1.29 is 4.74 Å². The summed E-state index contributed by atoms with van der Waals surface area (Å²) in [4.78, 5) is 0. The molecular weight excluding hydrogens is 276 g/mol. The summed E-state index contributed by atoms with van der Waals surface area (Å²) >= 11 is 6.04. The van der Waals surface area contributed by atoms with Crippen LogP contribution in [0.15, 0.2) is 18.2 Å². The Hall–Kier alpha value is -1.59. The molecule has 2 aromatic rings. The Balaban J connectivity index is 2.39. The van der Waals surface area contributed by atoms with Crippen molar-refractivity contribution >= 4 is 11.6 Å². The Morgan fingerprint density at radius 2 is 2.20 bits per heavy atom. The van der Waals surface area contributed by atoms with Crippen molar-refractivity contribution in [2.75, 3.05) is 13.7 Å². The van der Waals surface area contributed by atoms with E-state index in [4.69, 9.17) is 16.3 Å². The minimum Gasteiger partial charge on any atom is -0.495 e. The van der Waals surface area contributed by atoms with E-state index in [0.29, 0.717) is 10.8 Å². The predicted molar refractivity (Wildman–Crippen MR) is 79.7 cm³/mol. The van der Waals surface area contributed by atoms with Gasteiger partial charge in [0.15, 0.2) is 0 Å². The summed E-state index contributed by atoms with van der Waals surface area (Å²) in [5.74, 6) is 0.625. The topological polar surface area (TPSA) is 52.0 Å². The Labute approximate surface area is 123 Å². The van der Waals surface area contributed by atoms with Crippen molar-refractivity contribution in [2.45, 2.75) is 26.8 Å². The van der Waals surface area contributed by atoms with Crippen LogP contribution in [0.2, 0.25) is 5.02 Å². The normalized spacial score (nSPS) is 12.4. The summed E-state index contributed by atoms with van der Waals surface area (Å²) in [7, 11) is 1.60. The lowest BCUT2D eigenvalue weighted by atomic mass is 10.2. The highest BCUT2D eigenvalue weighted by Crippen LogP contribution is 2.27. The summed E-state index contributed by atoms with van der Waals surface area (Å²) in [6.07, 6.45) is 0. The molecule has 0 saturated heterocycles. The molecule has 5 nitrogen and oxygen atoms in total. The van der Waals surface area contributed by atoms with Gasteiger partial charge in [-0.3, -0.25) is 0 Å². The molecule has 0 saturated carbocycles. The number of halogens is 1. The minimum absolute atomic E-state index is 0.169. The highest BCUT2D eigenvalue weighted by Gasteiger charge is 2.16. The monoisotopic (exact) mass is 294 g/mol. The fourth-order valence-corrected chi connectivity index (χ4v) is 2.36. The molecule has 6 heteroatoms. The second-order valence-electron chi connectivity index (χ2n) is 4.57. The maximum atomic E-state index is 6.04. The Kier molecular flexibility index (Phi) is 4.62. The largest absolute Gasteiger partial charge is 0.495 e. The number of methoxy groups -OCH3 is 1. The molecule has 0 spiro atoms. The average Bonchev–Trinajstić information content (AvgIpc) is 2.81. The zero-order chi connectivity index (χ0) is 14.7. The van der Waals surface area contributed by atoms with Gasteiger partial charge in [0.25, 0.3) is 0 Å². The van der Waals surface area contributed by atoms with Crippen LogP contribution in [0.3, 0.4) is 0 Å². The van der Waals surface area contributed by atoms with Gasteiger partial charge < -0.3 is 10.1 Å². The number of ether oxygens (including phenoxy) is 1. The highest BCUT2D eigenvalue weighted by molar-refractivity contribution is 6.32. The first kappa shape index (κ1) is 14.8. The molecular formula is C14H19ClN4O. The van der Waals surface area contributed by atoms with Gasteiger partial charge in [-0.15, -0.1) is 5.10 Å². The summed E-state index contributed by atoms with van der Waals surface area (Å²) in [5, 5.41) is 12.4. The van der Waals surface area contributed by atoms with Crippen molar-refractivity contribution in [1.82, 2.24) is 20.3 Å². The molecule has 1 aromatic carbocycles. The maximum Gasteiger partial charge on any atom is 0.139 e. The fraction of sp³-hybridized carbons (Fsp3) is 0.429. The number of aromatic nitrogens is 3. The second kappa shape index (κ2) is 6.24. The van der Waals surface area contributed by atoms with Crippen LogP contribution >= 0.6 is 11.6 Å². The molecule has 20 heavy (non-hydrogen) atoms. The van der Waals surface area contributed by atoms with Crippen LogP contribution in [-0.2, 0) is 0 Å². The molecule has 0 aliphatic rings. The van der Waals surface area contributed by atoms with Crippen LogP contribution in [0, 0.1) is 6.92 Å². The first-order valence-electron chi connectivity index (χ1n) is 6.58. The van der Waals surface area contributed by atoms with Crippen LogP contribution in [0.25, 0.3) is 5.69 Å². The fourth-order valence-electron chi connectivity index (χ4n) is 2.17. The summed E-state index contributed by atoms with van der Waals surface area (Å²) < 4.78 is 7.03. The molecule has 2 rings (SSSR count). The highest BCUT2D eigenvalue weighted by atomic mass is 35.5. The first-order chi connectivity index (χ1) is 9.58. The van der Waals surface area contributed by atoms with Crippen molar-refractivity contribution in [1.29, 1.82) is 0 Å². The zero-order valence-electron chi connectivity index (χ0n) is 12.1. The van der Waals surface area contributed by atoms with Gasteiger partial charge in [-0.1, -0.05) is 23.7 Å². The van der Waals surface area contributed by atoms with Gasteiger partial charge in [0.2, 0.25) is 0 Å². The van der Waals surface area contributed by atoms with Crippen molar-refractivity contribution in [3.05, 3.63) is 34.6 Å². The molecule has 0 bridgehead atoms. The number of nitrogens with zero attached hydrogens (tertiary/aromatic N) is 3. The third-order valence-electron chi connectivity index (χ3n) is 3.23. The molecule has 1 N–H and O–H groups in total. The van der Waals surface area contributed by atoms with Gasteiger partial charge in [-0.05, 0) is 32.5 Å². The second-order valence-corrected chi connectivity index (χ2v) is 4.98. The van der Waals surface area contributed by atoms with Gasteiger partial charge >= 0.3 is 0 Å². The number of nitrogens with one attached hydrogen (secondary N) is 1. The first-order valence-corrected chi connectivity index (χ1v) is 6.95. The van der Waals surface area contributed by atoms with E-state index in [9.17, 15) is 0 Å². The zero-order valence-corrected chi connectivity index (χ0v) is 12.9. The van der Waals surface area contributed by atoms with Crippen LogP contribution in [0.1, 0.15) is 31.3 Å². The molecule has 1 aromatic heterocycles. The number of rotatable bonds is 5. The lowest BCUT2D eigenvalue weighted by molar-refractivity contribution is 0.414. The van der Waals surface area contributed by atoms with E-state index in [0.717, 1.165) is 23.6 Å². The number of benzene rings is 1. The molecule has 1 unspecified atom stereocenters. The SMILES string of the molecule is CCNC(C)c1nnn(-c2ccc(Cl)c(OC)c2)c1C. The standard InChI is InChI=1S/C14H19ClN4O/c1-5-16-9(2)14-10(3)19(18-17-14)11-6-7-12(15)13(8-11)20-4/h6-9,16H,5H2,1-4H3. The van der Waals surface area contributed by atoms with E-state index in [1.54, 1.807) is 17.9 Å². The average molecular weight is 295 g/mol. The van der Waals surface area contributed by atoms with Crippen LogP contribution in [0.5, 0.6) is 5.75 Å². The van der Waals surface area contributed by atoms with E-state index in [2.05, 4.69) is 29.5 Å². The molecule has 0 aliphatic heterocycles. The molecule has 0 aliphatic carbocycles. The van der Waals surface area contributed by atoms with Crippen molar-refractivity contribution in [3.8, 4) is 11.4 Å². The van der Waals surface area contributed by atoms with Crippen LogP contribution < -0.4 is 10.1 Å². The van der Waals surface area contributed by atoms with E-state index >= 15 is 0 Å². The summed E-state index contributed by atoms with van der Waals surface area (Å²) in [5.41, 5.74) is 2.83. The molecule has 1 heterocycles. The summed E-state index contributed by atoms with van der Waals surface area (Å²) in [6, 6.07) is 5.72. The minimum atomic E-state index is 0.169.